The van der Waals surface area contributed by atoms with Gasteiger partial charge in [0.1, 0.15) is 17.0 Å². The van der Waals surface area contributed by atoms with E-state index >= 15 is 0 Å². The van der Waals surface area contributed by atoms with E-state index in [9.17, 15) is 10.5 Å². The predicted octanol–water partition coefficient (Wildman–Crippen LogP) is 7.93. The molecule has 0 radical (unpaired) electrons. The van der Waals surface area contributed by atoms with E-state index in [0.717, 1.165) is 37.2 Å². The Bertz CT molecular complexity index is 1200. The van der Waals surface area contributed by atoms with Gasteiger partial charge in [-0.2, -0.15) is 10.5 Å². The van der Waals surface area contributed by atoms with E-state index in [2.05, 4.69) is 83.6 Å². The minimum Gasteiger partial charge on any atom is -0.371 e. The molecule has 0 N–H and O–H groups in total. The second-order valence-electron chi connectivity index (χ2n) is 8.07. The van der Waals surface area contributed by atoms with Crippen molar-refractivity contribution in [2.24, 2.45) is 10.2 Å². The average Bonchev–Trinajstić information content (AvgIpc) is 3.15. The van der Waals surface area contributed by atoms with Gasteiger partial charge in [-0.05, 0) is 62.1 Å². The van der Waals surface area contributed by atoms with Crippen molar-refractivity contribution in [3.63, 3.8) is 0 Å². The first kappa shape index (κ1) is 24.2. The number of hydrogen-bond acceptors (Lipinski definition) is 6. The molecule has 0 aliphatic rings. The number of nitriles is 2. The largest absolute Gasteiger partial charge is 0.371 e. The van der Waals surface area contributed by atoms with Crippen LogP contribution >= 0.6 is 11.3 Å². The average molecular weight is 456 g/mol. The summed E-state index contributed by atoms with van der Waals surface area (Å²) >= 11 is 1.20. The molecule has 6 heteroatoms. The van der Waals surface area contributed by atoms with Gasteiger partial charge >= 0.3 is 0 Å². The third-order valence-corrected chi connectivity index (χ3v) is 6.95. The summed E-state index contributed by atoms with van der Waals surface area (Å²) in [5, 5.41) is 27.8. The fourth-order valence-corrected chi connectivity index (χ4v) is 4.85. The van der Waals surface area contributed by atoms with E-state index in [4.69, 9.17) is 0 Å². The molecule has 1 heterocycles. The zero-order chi connectivity index (χ0) is 23.8. The lowest BCUT2D eigenvalue weighted by Gasteiger charge is -2.29. The number of azo groups is 1. The van der Waals surface area contributed by atoms with Gasteiger partial charge in [-0.25, -0.2) is 0 Å². The maximum absolute atomic E-state index is 9.42. The van der Waals surface area contributed by atoms with E-state index in [1.807, 2.05) is 13.0 Å². The SMILES string of the molecule is CCCC(CN(CC)c1ccc(/N=N/c2sc(C#N)c(C)c2C#N)c(C)c1)c1ccccc1. The number of benzene rings is 2. The van der Waals surface area contributed by atoms with Gasteiger partial charge in [0.15, 0.2) is 5.00 Å². The van der Waals surface area contributed by atoms with E-state index < -0.39 is 0 Å². The highest BCUT2D eigenvalue weighted by Crippen LogP contribution is 2.36. The van der Waals surface area contributed by atoms with Crippen molar-refractivity contribution in [1.29, 1.82) is 10.5 Å². The second kappa shape index (κ2) is 11.4. The standard InChI is InChI=1S/C27H29N5S/c1-5-10-22(21-11-8-7-9-12-21)18-32(6-2)23-13-14-25(19(3)15-23)30-31-27-24(16-28)20(4)26(17-29)33-27/h7-9,11-15,22H,5-6,10,18H2,1-4H3/b31-30+. The molecule has 0 aliphatic heterocycles. The molecule has 0 spiro atoms. The molecule has 3 rings (SSSR count). The van der Waals surface area contributed by atoms with Gasteiger partial charge in [0.05, 0.1) is 11.3 Å². The van der Waals surface area contributed by atoms with E-state index in [1.165, 1.54) is 22.6 Å². The summed E-state index contributed by atoms with van der Waals surface area (Å²) in [6.45, 7) is 10.1. The van der Waals surface area contributed by atoms with Crippen LogP contribution in [0, 0.1) is 36.5 Å². The lowest BCUT2D eigenvalue weighted by Crippen LogP contribution is -2.28. The molecule has 0 aliphatic carbocycles. The summed E-state index contributed by atoms with van der Waals surface area (Å²) in [7, 11) is 0. The molecule has 5 nitrogen and oxygen atoms in total. The van der Waals surface area contributed by atoms with Gasteiger partial charge in [0.2, 0.25) is 0 Å². The predicted molar refractivity (Wildman–Crippen MR) is 136 cm³/mol. The minimum atomic E-state index is 0.426. The molecule has 0 saturated heterocycles. The highest BCUT2D eigenvalue weighted by Gasteiger charge is 2.17. The molecular weight excluding hydrogens is 426 g/mol. The van der Waals surface area contributed by atoms with Crippen LogP contribution in [0.3, 0.4) is 0 Å². The number of nitrogens with zero attached hydrogens (tertiary/aromatic N) is 5. The van der Waals surface area contributed by atoms with Gasteiger partial charge in [0.25, 0.3) is 0 Å². The molecular formula is C27H29N5S. The fraction of sp³-hybridized carbons (Fsp3) is 0.333. The second-order valence-corrected chi connectivity index (χ2v) is 9.06. The Kier molecular flexibility index (Phi) is 8.35. The lowest BCUT2D eigenvalue weighted by atomic mass is 9.93. The smallest absolute Gasteiger partial charge is 0.158 e. The van der Waals surface area contributed by atoms with Crippen molar-refractivity contribution in [3.8, 4) is 12.1 Å². The first-order valence-corrected chi connectivity index (χ1v) is 12.1. The number of anilines is 1. The summed E-state index contributed by atoms with van der Waals surface area (Å²) in [6.07, 6.45) is 2.30. The molecule has 168 valence electrons. The molecule has 0 fully saturated rings. The van der Waals surface area contributed by atoms with Gasteiger partial charge in [-0.3, -0.25) is 0 Å². The number of hydrogen-bond donors (Lipinski definition) is 0. The van der Waals surface area contributed by atoms with Gasteiger partial charge in [0, 0.05) is 24.7 Å². The molecule has 1 unspecified atom stereocenters. The molecule has 3 aromatic rings. The van der Waals surface area contributed by atoms with Crippen molar-refractivity contribution >= 4 is 27.7 Å². The maximum atomic E-state index is 9.42. The Morgan fingerprint density at radius 2 is 1.76 bits per heavy atom. The van der Waals surface area contributed by atoms with Crippen LogP contribution in [0.1, 0.15) is 59.7 Å². The quantitative estimate of drug-likeness (QED) is 0.307. The van der Waals surface area contributed by atoms with Crippen molar-refractivity contribution < 1.29 is 0 Å². The zero-order valence-electron chi connectivity index (χ0n) is 19.7. The minimum absolute atomic E-state index is 0.426. The normalized spacial score (nSPS) is 11.8. The van der Waals surface area contributed by atoms with Crippen LogP contribution in [-0.2, 0) is 0 Å². The Morgan fingerprint density at radius 3 is 2.36 bits per heavy atom. The van der Waals surface area contributed by atoms with Crippen molar-refractivity contribution in [3.05, 3.63) is 75.7 Å². The van der Waals surface area contributed by atoms with Crippen LogP contribution in [0.15, 0.2) is 58.8 Å². The molecule has 2 aromatic carbocycles. The van der Waals surface area contributed by atoms with Crippen molar-refractivity contribution in [1.82, 2.24) is 0 Å². The van der Waals surface area contributed by atoms with Gasteiger partial charge in [-0.15, -0.1) is 21.6 Å². The number of likely N-dealkylation sites (N-methyl/N-ethyl adjacent to an activating group) is 1. The molecule has 0 bridgehead atoms. The van der Waals surface area contributed by atoms with Crippen LogP contribution < -0.4 is 4.90 Å². The Balaban J connectivity index is 1.82. The molecule has 33 heavy (non-hydrogen) atoms. The number of rotatable bonds is 9. The third-order valence-electron chi connectivity index (χ3n) is 5.87. The summed E-state index contributed by atoms with van der Waals surface area (Å²) in [5.41, 5.74) is 5.43. The molecule has 1 atom stereocenters. The number of aryl methyl sites for hydroxylation is 1. The van der Waals surface area contributed by atoms with Crippen LogP contribution in [0.4, 0.5) is 16.4 Å². The van der Waals surface area contributed by atoms with Crippen molar-refractivity contribution in [2.75, 3.05) is 18.0 Å². The van der Waals surface area contributed by atoms with Gasteiger partial charge in [-0.1, -0.05) is 43.7 Å². The van der Waals surface area contributed by atoms with Crippen LogP contribution in [0.2, 0.25) is 0 Å². The Labute approximate surface area is 200 Å². The summed E-state index contributed by atoms with van der Waals surface area (Å²) in [4.78, 5) is 2.92. The summed E-state index contributed by atoms with van der Waals surface area (Å²) in [6, 6.07) is 21.2. The molecule has 0 amide bonds. The summed E-state index contributed by atoms with van der Waals surface area (Å²) in [5.74, 6) is 0.483. The Hall–Kier alpha value is -3.48. The molecule has 1 aromatic heterocycles. The fourth-order valence-electron chi connectivity index (χ4n) is 3.97. The maximum Gasteiger partial charge on any atom is 0.158 e. The molecule has 0 saturated carbocycles. The van der Waals surface area contributed by atoms with E-state index in [0.29, 0.717) is 26.9 Å². The highest BCUT2D eigenvalue weighted by atomic mass is 32.1. The Morgan fingerprint density at radius 1 is 1.00 bits per heavy atom. The van der Waals surface area contributed by atoms with E-state index in [-0.39, 0.29) is 0 Å². The summed E-state index contributed by atoms with van der Waals surface area (Å²) < 4.78 is 0. The van der Waals surface area contributed by atoms with Crippen molar-refractivity contribution in [2.45, 2.75) is 46.5 Å². The first-order chi connectivity index (χ1) is 16.0. The van der Waals surface area contributed by atoms with E-state index in [1.54, 1.807) is 6.92 Å². The van der Waals surface area contributed by atoms with Crippen LogP contribution in [0.25, 0.3) is 0 Å². The zero-order valence-corrected chi connectivity index (χ0v) is 20.5. The monoisotopic (exact) mass is 455 g/mol. The number of thiophene rings is 1. The third kappa shape index (κ3) is 5.66. The first-order valence-electron chi connectivity index (χ1n) is 11.3. The van der Waals surface area contributed by atoms with Crippen LogP contribution in [0.5, 0.6) is 0 Å². The van der Waals surface area contributed by atoms with Gasteiger partial charge < -0.3 is 4.90 Å². The topological polar surface area (TPSA) is 75.5 Å². The lowest BCUT2D eigenvalue weighted by molar-refractivity contribution is 0.594. The highest BCUT2D eigenvalue weighted by molar-refractivity contribution is 7.16. The van der Waals surface area contributed by atoms with Crippen LogP contribution in [-0.4, -0.2) is 13.1 Å².